The van der Waals surface area contributed by atoms with Gasteiger partial charge in [0.2, 0.25) is 0 Å². The Morgan fingerprint density at radius 1 is 1.62 bits per heavy atom. The second-order valence-electron chi connectivity index (χ2n) is 3.80. The van der Waals surface area contributed by atoms with E-state index in [9.17, 15) is 4.79 Å². The highest BCUT2D eigenvalue weighted by molar-refractivity contribution is 5.86. The van der Waals surface area contributed by atoms with Crippen molar-refractivity contribution in [1.82, 2.24) is 4.90 Å². The van der Waals surface area contributed by atoms with Gasteiger partial charge in [-0.2, -0.15) is 0 Å². The lowest BCUT2D eigenvalue weighted by atomic mass is 9.90. The van der Waals surface area contributed by atoms with Crippen molar-refractivity contribution in [3.05, 3.63) is 12.2 Å². The monoisotopic (exact) mass is 181 g/mol. The smallest absolute Gasteiger partial charge is 0.330 e. The summed E-state index contributed by atoms with van der Waals surface area (Å²) in [5.41, 5.74) is 0.589. The molecule has 1 atom stereocenters. The van der Waals surface area contributed by atoms with Crippen LogP contribution in [0.15, 0.2) is 12.2 Å². The van der Waals surface area contributed by atoms with Crippen molar-refractivity contribution in [3.63, 3.8) is 0 Å². The number of hydrogen-bond donors (Lipinski definition) is 0. The van der Waals surface area contributed by atoms with E-state index < -0.39 is 5.54 Å². The molecule has 0 aromatic rings. The van der Waals surface area contributed by atoms with Crippen LogP contribution in [-0.4, -0.2) is 36.6 Å². The van der Waals surface area contributed by atoms with E-state index in [-0.39, 0.29) is 5.97 Å². The fraction of sp³-hybridized carbons (Fsp3) is 0.700. The molecular formula is C10H15NO2. The normalized spacial score (nSPS) is 33.5. The summed E-state index contributed by atoms with van der Waals surface area (Å²) in [6.45, 7) is 5.97. The molecule has 13 heavy (non-hydrogen) atoms. The molecule has 0 aliphatic carbocycles. The summed E-state index contributed by atoms with van der Waals surface area (Å²) in [5.74, 6) is -0.118. The third kappa shape index (κ3) is 0.967. The van der Waals surface area contributed by atoms with Gasteiger partial charge in [-0.3, -0.25) is 4.90 Å². The van der Waals surface area contributed by atoms with Crippen molar-refractivity contribution in [2.45, 2.75) is 24.8 Å². The molecule has 0 aromatic heterocycles. The second kappa shape index (κ2) is 2.84. The summed E-state index contributed by atoms with van der Waals surface area (Å²) in [4.78, 5) is 13.9. The number of hydrogen-bond acceptors (Lipinski definition) is 3. The number of nitrogens with zero attached hydrogens (tertiary/aromatic N) is 1. The van der Waals surface area contributed by atoms with Gasteiger partial charge >= 0.3 is 5.97 Å². The molecule has 0 amide bonds. The molecule has 2 heterocycles. The van der Waals surface area contributed by atoms with Crippen LogP contribution in [0, 0.1) is 0 Å². The highest BCUT2D eigenvalue weighted by Gasteiger charge is 2.53. The van der Waals surface area contributed by atoms with Crippen LogP contribution in [0.25, 0.3) is 0 Å². The number of rotatable bonds is 1. The third-order valence-corrected chi connectivity index (χ3v) is 3.30. The maximum atomic E-state index is 11.7. The average Bonchev–Trinajstić information content (AvgIpc) is 2.67. The highest BCUT2D eigenvalue weighted by atomic mass is 16.5. The molecule has 2 aliphatic rings. The molecule has 0 N–H and O–H groups in total. The van der Waals surface area contributed by atoms with Crippen LogP contribution in [0.4, 0.5) is 0 Å². The minimum Gasteiger partial charge on any atom is -0.467 e. The summed E-state index contributed by atoms with van der Waals surface area (Å²) in [6.07, 6.45) is 2.90. The van der Waals surface area contributed by atoms with Gasteiger partial charge in [0.1, 0.15) is 5.54 Å². The van der Waals surface area contributed by atoms with Crippen LogP contribution >= 0.6 is 0 Å². The van der Waals surface area contributed by atoms with Gasteiger partial charge in [0, 0.05) is 6.54 Å². The van der Waals surface area contributed by atoms with Gasteiger partial charge in [0.25, 0.3) is 0 Å². The van der Waals surface area contributed by atoms with Gasteiger partial charge in [-0.05, 0) is 31.4 Å². The Labute approximate surface area is 78.4 Å². The summed E-state index contributed by atoms with van der Waals surface area (Å²) in [7, 11) is 1.46. The first-order valence-electron chi connectivity index (χ1n) is 4.73. The maximum Gasteiger partial charge on any atom is 0.330 e. The predicted octanol–water partition coefficient (Wildman–Crippen LogP) is 0.954. The molecular weight excluding hydrogens is 166 g/mol. The molecule has 2 rings (SSSR count). The van der Waals surface area contributed by atoms with Crippen molar-refractivity contribution >= 4 is 5.97 Å². The molecule has 72 valence electrons. The molecule has 2 aliphatic heterocycles. The van der Waals surface area contributed by atoms with Gasteiger partial charge in [-0.15, -0.1) is 0 Å². The number of esters is 1. The molecule has 3 heteroatoms. The first-order chi connectivity index (χ1) is 6.21. The zero-order valence-corrected chi connectivity index (χ0v) is 8.01. The van der Waals surface area contributed by atoms with E-state index >= 15 is 0 Å². The highest BCUT2D eigenvalue weighted by Crippen LogP contribution is 2.42. The van der Waals surface area contributed by atoms with E-state index in [1.807, 2.05) is 0 Å². The first-order valence-corrected chi connectivity index (χ1v) is 4.73. The van der Waals surface area contributed by atoms with Crippen LogP contribution in [0.3, 0.4) is 0 Å². The number of carbonyl (C=O) groups is 1. The quantitative estimate of drug-likeness (QED) is 0.445. The minimum absolute atomic E-state index is 0.118. The molecule has 0 aromatic carbocycles. The van der Waals surface area contributed by atoms with E-state index in [4.69, 9.17) is 4.74 Å². The number of fused-ring (bicyclic) bond motifs is 1. The third-order valence-electron chi connectivity index (χ3n) is 3.30. The fourth-order valence-electron chi connectivity index (χ4n) is 2.60. The van der Waals surface area contributed by atoms with E-state index in [1.54, 1.807) is 0 Å². The van der Waals surface area contributed by atoms with Crippen molar-refractivity contribution in [2.24, 2.45) is 0 Å². The molecule has 1 unspecified atom stereocenters. The van der Waals surface area contributed by atoms with Crippen LogP contribution < -0.4 is 0 Å². The van der Waals surface area contributed by atoms with Gasteiger partial charge < -0.3 is 4.74 Å². The lowest BCUT2D eigenvalue weighted by Crippen LogP contribution is -2.47. The topological polar surface area (TPSA) is 29.5 Å². The largest absolute Gasteiger partial charge is 0.467 e. The van der Waals surface area contributed by atoms with Crippen molar-refractivity contribution < 1.29 is 9.53 Å². The lowest BCUT2D eigenvalue weighted by molar-refractivity contribution is -0.149. The molecule has 0 radical (unpaired) electrons. The Morgan fingerprint density at radius 3 is 3.08 bits per heavy atom. The zero-order chi connectivity index (χ0) is 9.47. The van der Waals surface area contributed by atoms with Gasteiger partial charge in [-0.1, -0.05) is 6.58 Å². The number of ether oxygens (including phenoxy) is 1. The van der Waals surface area contributed by atoms with E-state index in [1.165, 1.54) is 7.11 Å². The van der Waals surface area contributed by atoms with Crippen LogP contribution in [0.1, 0.15) is 19.3 Å². The molecule has 0 saturated carbocycles. The van der Waals surface area contributed by atoms with Gasteiger partial charge in [-0.25, -0.2) is 4.79 Å². The molecule has 2 fully saturated rings. The Hall–Kier alpha value is -0.830. The first kappa shape index (κ1) is 8.75. The zero-order valence-electron chi connectivity index (χ0n) is 8.01. The van der Waals surface area contributed by atoms with Crippen LogP contribution in [0.5, 0.6) is 0 Å². The Balaban J connectivity index is 2.35. The lowest BCUT2D eigenvalue weighted by Gasteiger charge is -2.29. The summed E-state index contributed by atoms with van der Waals surface area (Å²) < 4.78 is 4.87. The molecule has 0 bridgehead atoms. The van der Waals surface area contributed by atoms with Crippen molar-refractivity contribution in [2.75, 3.05) is 20.2 Å². The Kier molecular flexibility index (Phi) is 1.91. The van der Waals surface area contributed by atoms with E-state index in [0.717, 1.165) is 37.9 Å². The number of carbonyl (C=O) groups excluding carboxylic acids is 1. The van der Waals surface area contributed by atoms with Crippen molar-refractivity contribution in [1.29, 1.82) is 0 Å². The predicted molar refractivity (Wildman–Crippen MR) is 49.3 cm³/mol. The van der Waals surface area contributed by atoms with Gasteiger partial charge in [0.15, 0.2) is 0 Å². The molecule has 0 spiro atoms. The minimum atomic E-state index is -0.450. The summed E-state index contributed by atoms with van der Waals surface area (Å²) >= 11 is 0. The standard InChI is InChI=1S/C10H15NO2/c1-8-4-7-11-6-3-5-10(8,11)9(12)13-2/h1,3-7H2,2H3. The van der Waals surface area contributed by atoms with Crippen molar-refractivity contribution in [3.8, 4) is 0 Å². The van der Waals surface area contributed by atoms with E-state index in [0.29, 0.717) is 0 Å². The van der Waals surface area contributed by atoms with E-state index in [2.05, 4.69) is 11.5 Å². The van der Waals surface area contributed by atoms with Gasteiger partial charge in [0.05, 0.1) is 7.11 Å². The Bertz CT molecular complexity index is 262. The SMILES string of the molecule is C=C1CCN2CCCC12C(=O)OC. The summed E-state index contributed by atoms with van der Waals surface area (Å²) in [6, 6.07) is 0. The summed E-state index contributed by atoms with van der Waals surface area (Å²) in [5, 5.41) is 0. The second-order valence-corrected chi connectivity index (χ2v) is 3.80. The Morgan fingerprint density at radius 2 is 2.38 bits per heavy atom. The molecule has 3 nitrogen and oxygen atoms in total. The average molecular weight is 181 g/mol. The molecule has 2 saturated heterocycles. The number of methoxy groups -OCH3 is 1. The maximum absolute atomic E-state index is 11.7. The fourth-order valence-corrected chi connectivity index (χ4v) is 2.60. The van der Waals surface area contributed by atoms with Crippen LogP contribution in [-0.2, 0) is 9.53 Å². The van der Waals surface area contributed by atoms with Crippen LogP contribution in [0.2, 0.25) is 0 Å².